The van der Waals surface area contributed by atoms with Gasteiger partial charge >= 0.3 is 4.87 Å². The topological polar surface area (TPSA) is 100 Å². The molecule has 8 nitrogen and oxygen atoms in total. The van der Waals surface area contributed by atoms with Crippen molar-refractivity contribution in [2.45, 2.75) is 25.5 Å². The largest absolute Gasteiger partial charge is 0.488 e. The Morgan fingerprint density at radius 3 is 2.77 bits per heavy atom. The number of likely N-dealkylation sites (tertiary alicyclic amines) is 1. The Kier molecular flexibility index (Phi) is 6.76. The minimum Gasteiger partial charge on any atom is -0.488 e. The van der Waals surface area contributed by atoms with Crippen LogP contribution in [0.2, 0.25) is 0 Å². The first kappa shape index (κ1) is 23.4. The smallest absolute Gasteiger partial charge is 0.322 e. The normalized spacial score (nSPS) is 18.0. The molecule has 35 heavy (non-hydrogen) atoms. The first-order valence-electron chi connectivity index (χ1n) is 11.3. The molecule has 2 unspecified atom stereocenters. The maximum absolute atomic E-state index is 13.1. The molecule has 0 radical (unpaired) electrons. The van der Waals surface area contributed by atoms with Gasteiger partial charge in [-0.3, -0.25) is 9.59 Å². The van der Waals surface area contributed by atoms with E-state index in [0.29, 0.717) is 24.5 Å². The van der Waals surface area contributed by atoms with Crippen LogP contribution in [0.3, 0.4) is 0 Å². The van der Waals surface area contributed by atoms with E-state index in [0.717, 1.165) is 44.0 Å². The molecule has 2 atom stereocenters. The van der Waals surface area contributed by atoms with Gasteiger partial charge in [-0.25, -0.2) is 10.1 Å². The minimum atomic E-state index is -0.184. The van der Waals surface area contributed by atoms with E-state index in [-0.39, 0.29) is 22.7 Å². The van der Waals surface area contributed by atoms with Gasteiger partial charge in [0.2, 0.25) is 0 Å². The van der Waals surface area contributed by atoms with E-state index < -0.39 is 0 Å². The third kappa shape index (κ3) is 5.34. The summed E-state index contributed by atoms with van der Waals surface area (Å²) in [6.07, 6.45) is 0. The van der Waals surface area contributed by atoms with E-state index in [1.807, 2.05) is 56.4 Å². The zero-order chi connectivity index (χ0) is 24.4. The fourth-order valence-corrected chi connectivity index (χ4v) is 5.93. The molecule has 4 aromatic rings. The number of nitrogens with one attached hydrogen (secondary N) is 2. The van der Waals surface area contributed by atoms with E-state index in [1.165, 1.54) is 0 Å². The van der Waals surface area contributed by atoms with Crippen molar-refractivity contribution < 1.29 is 9.53 Å². The minimum absolute atomic E-state index is 0.0274. The molecule has 1 saturated heterocycles. The summed E-state index contributed by atoms with van der Waals surface area (Å²) in [7, 11) is 1.99. The van der Waals surface area contributed by atoms with Crippen molar-refractivity contribution in [2.24, 2.45) is 0 Å². The molecule has 5 rings (SSSR count). The molecule has 2 aromatic heterocycles. The lowest BCUT2D eigenvalue weighted by molar-refractivity contribution is 0.0935. The van der Waals surface area contributed by atoms with Crippen molar-refractivity contribution in [1.29, 1.82) is 0 Å². The Labute approximate surface area is 210 Å². The highest BCUT2D eigenvalue weighted by molar-refractivity contribution is 7.15. The monoisotopic (exact) mass is 507 g/mol. The van der Waals surface area contributed by atoms with Crippen molar-refractivity contribution in [3.8, 4) is 16.3 Å². The van der Waals surface area contributed by atoms with Crippen LogP contribution in [0.25, 0.3) is 10.6 Å². The van der Waals surface area contributed by atoms with E-state index >= 15 is 0 Å². The molecule has 1 fully saturated rings. The van der Waals surface area contributed by atoms with Crippen LogP contribution in [-0.2, 0) is 6.61 Å². The number of amides is 1. The van der Waals surface area contributed by atoms with Gasteiger partial charge in [0.25, 0.3) is 5.91 Å². The Morgan fingerprint density at radius 1 is 1.17 bits per heavy atom. The lowest BCUT2D eigenvalue weighted by atomic mass is 10.0. The van der Waals surface area contributed by atoms with Gasteiger partial charge in [-0.2, -0.15) is 5.10 Å². The average Bonchev–Trinajstić information content (AvgIpc) is 3.56. The summed E-state index contributed by atoms with van der Waals surface area (Å²) < 4.78 is 6.03. The first-order valence-corrected chi connectivity index (χ1v) is 12.9. The van der Waals surface area contributed by atoms with Gasteiger partial charge in [0.05, 0.1) is 16.6 Å². The molecule has 0 bridgehead atoms. The summed E-state index contributed by atoms with van der Waals surface area (Å²) in [5.41, 5.74) is 2.56. The van der Waals surface area contributed by atoms with Crippen LogP contribution < -0.4 is 14.9 Å². The van der Waals surface area contributed by atoms with Crippen molar-refractivity contribution in [3.63, 3.8) is 0 Å². The Morgan fingerprint density at radius 2 is 2.00 bits per heavy atom. The molecule has 0 aliphatic carbocycles. The zero-order valence-corrected chi connectivity index (χ0v) is 21.0. The fraction of sp³-hybridized carbons (Fsp3) is 0.280. The molecule has 10 heteroatoms. The maximum Gasteiger partial charge on any atom is 0.322 e. The number of benzene rings is 2. The molecule has 180 valence electrons. The number of thiazole rings is 1. The number of aryl methyl sites for hydroxylation is 1. The van der Waals surface area contributed by atoms with Crippen molar-refractivity contribution in [3.05, 3.63) is 85.4 Å². The van der Waals surface area contributed by atoms with Gasteiger partial charge in [0.1, 0.15) is 22.4 Å². The van der Waals surface area contributed by atoms with Crippen molar-refractivity contribution in [1.82, 2.24) is 25.4 Å². The highest BCUT2D eigenvalue weighted by atomic mass is 32.1. The van der Waals surface area contributed by atoms with Crippen LogP contribution in [0.5, 0.6) is 5.75 Å². The molecule has 2 aromatic carbocycles. The second kappa shape index (κ2) is 10.1. The highest BCUT2D eigenvalue weighted by Crippen LogP contribution is 2.29. The fourth-order valence-electron chi connectivity index (χ4n) is 4.19. The third-order valence-corrected chi connectivity index (χ3v) is 8.03. The van der Waals surface area contributed by atoms with E-state index in [2.05, 4.69) is 25.4 Å². The Balaban J connectivity index is 1.25. The number of carbonyl (C=O) groups is 1. The van der Waals surface area contributed by atoms with Gasteiger partial charge in [-0.1, -0.05) is 47.7 Å². The third-order valence-electron chi connectivity index (χ3n) is 5.97. The summed E-state index contributed by atoms with van der Waals surface area (Å²) >= 11 is 2.71. The van der Waals surface area contributed by atoms with E-state index in [9.17, 15) is 9.59 Å². The molecule has 0 saturated carbocycles. The SMILES string of the molecule is Cc1nc(-c2ccccc2)sc1COc1cccc(C(=O)NC2CN(C)CC2c2n[nH]c(=O)s2)c1. The number of carbonyl (C=O) groups excluding carboxylic acids is 1. The molecule has 1 aliphatic heterocycles. The molecule has 1 aliphatic rings. The second-order valence-electron chi connectivity index (χ2n) is 8.57. The van der Waals surface area contributed by atoms with Crippen LogP contribution in [-0.4, -0.2) is 52.2 Å². The van der Waals surface area contributed by atoms with Crippen molar-refractivity contribution >= 4 is 28.6 Å². The number of nitrogens with zero attached hydrogens (tertiary/aromatic N) is 3. The van der Waals surface area contributed by atoms with Gasteiger partial charge in [-0.05, 0) is 32.2 Å². The van der Waals surface area contributed by atoms with Crippen LogP contribution in [0.15, 0.2) is 59.4 Å². The molecule has 1 amide bonds. The molecule has 3 heterocycles. The highest BCUT2D eigenvalue weighted by Gasteiger charge is 2.35. The summed E-state index contributed by atoms with van der Waals surface area (Å²) in [6.45, 7) is 3.79. The van der Waals surface area contributed by atoms with Crippen LogP contribution in [0.4, 0.5) is 0 Å². The number of ether oxygens (including phenoxy) is 1. The van der Waals surface area contributed by atoms with E-state index in [4.69, 9.17) is 4.74 Å². The standard InChI is InChI=1S/C25H25N5O3S2/c1-15-21(34-23(26-15)16-7-4-3-5-8-16)14-33-18-10-6-9-17(11-18)22(31)27-20-13-30(2)12-19(20)24-28-29-25(32)35-24/h3-11,19-20H,12-14H2,1-2H3,(H,27,31)(H,29,32). The number of hydrogen-bond donors (Lipinski definition) is 2. The molecule has 2 N–H and O–H groups in total. The first-order chi connectivity index (χ1) is 17.0. The number of aromatic nitrogens is 3. The molecular formula is C25H25N5O3S2. The lowest BCUT2D eigenvalue weighted by Crippen LogP contribution is -2.39. The number of H-pyrrole nitrogens is 1. The maximum atomic E-state index is 13.1. The van der Waals surface area contributed by atoms with Gasteiger partial charge < -0.3 is 15.0 Å². The average molecular weight is 508 g/mol. The second-order valence-corrected chi connectivity index (χ2v) is 10.6. The summed E-state index contributed by atoms with van der Waals surface area (Å²) in [6, 6.07) is 17.1. The van der Waals surface area contributed by atoms with Gasteiger partial charge in [0.15, 0.2) is 0 Å². The van der Waals surface area contributed by atoms with Crippen LogP contribution >= 0.6 is 22.7 Å². The summed E-state index contributed by atoms with van der Waals surface area (Å²) in [5.74, 6) is 0.418. The number of aromatic amines is 1. The summed E-state index contributed by atoms with van der Waals surface area (Å²) in [5, 5.41) is 11.4. The van der Waals surface area contributed by atoms with E-state index in [1.54, 1.807) is 23.5 Å². The van der Waals surface area contributed by atoms with Crippen LogP contribution in [0.1, 0.15) is 31.9 Å². The van der Waals surface area contributed by atoms with Crippen LogP contribution in [0, 0.1) is 6.92 Å². The predicted molar refractivity (Wildman–Crippen MR) is 137 cm³/mol. The number of hydrogen-bond acceptors (Lipinski definition) is 8. The molecule has 0 spiro atoms. The zero-order valence-electron chi connectivity index (χ0n) is 19.4. The Bertz CT molecular complexity index is 1380. The van der Waals surface area contributed by atoms with Gasteiger partial charge in [0, 0.05) is 30.1 Å². The predicted octanol–water partition coefficient (Wildman–Crippen LogP) is 3.67. The summed E-state index contributed by atoms with van der Waals surface area (Å²) in [4.78, 5) is 32.3. The number of rotatable bonds is 7. The number of likely N-dealkylation sites (N-methyl/N-ethyl adjacent to an activating group) is 1. The quantitative estimate of drug-likeness (QED) is 0.396. The molecular weight excluding hydrogens is 482 g/mol. The Hall–Kier alpha value is -3.34. The van der Waals surface area contributed by atoms with Gasteiger partial charge in [-0.15, -0.1) is 11.3 Å². The van der Waals surface area contributed by atoms with Crippen molar-refractivity contribution in [2.75, 3.05) is 20.1 Å². The lowest BCUT2D eigenvalue weighted by Gasteiger charge is -2.18.